The summed E-state index contributed by atoms with van der Waals surface area (Å²) in [4.78, 5) is 6.72. The molecule has 1 aliphatic rings. The van der Waals surface area contributed by atoms with E-state index in [9.17, 15) is 0 Å². The summed E-state index contributed by atoms with van der Waals surface area (Å²) < 4.78 is 0. The third kappa shape index (κ3) is 2.76. The SMILES string of the molecule is Nc1ccc(C2CCCN2Cc2cccnc2)cc1. The molecule has 1 aromatic carbocycles. The molecule has 1 atom stereocenters. The maximum absolute atomic E-state index is 5.76. The number of rotatable bonds is 3. The molecule has 1 saturated heterocycles. The summed E-state index contributed by atoms with van der Waals surface area (Å²) in [6.07, 6.45) is 6.27. The van der Waals surface area contributed by atoms with Gasteiger partial charge in [0.15, 0.2) is 0 Å². The molecule has 1 aliphatic heterocycles. The van der Waals surface area contributed by atoms with E-state index in [2.05, 4.69) is 28.1 Å². The van der Waals surface area contributed by atoms with E-state index in [0.29, 0.717) is 6.04 Å². The van der Waals surface area contributed by atoms with Crippen LogP contribution in [0.1, 0.15) is 30.0 Å². The van der Waals surface area contributed by atoms with Crippen LogP contribution >= 0.6 is 0 Å². The molecular weight excluding hydrogens is 234 g/mol. The van der Waals surface area contributed by atoms with Crippen LogP contribution in [0.15, 0.2) is 48.8 Å². The lowest BCUT2D eigenvalue weighted by Gasteiger charge is -2.24. The number of aromatic nitrogens is 1. The van der Waals surface area contributed by atoms with Gasteiger partial charge in [-0.2, -0.15) is 0 Å². The molecule has 1 aromatic heterocycles. The largest absolute Gasteiger partial charge is 0.399 e. The first-order valence-corrected chi connectivity index (χ1v) is 6.81. The van der Waals surface area contributed by atoms with Gasteiger partial charge in [0.2, 0.25) is 0 Å². The van der Waals surface area contributed by atoms with Crippen LogP contribution in [-0.2, 0) is 6.54 Å². The van der Waals surface area contributed by atoms with Gasteiger partial charge < -0.3 is 5.73 Å². The summed E-state index contributed by atoms with van der Waals surface area (Å²) in [7, 11) is 0. The summed E-state index contributed by atoms with van der Waals surface area (Å²) in [6, 6.07) is 13.0. The average molecular weight is 253 g/mol. The van der Waals surface area contributed by atoms with Gasteiger partial charge in [-0.3, -0.25) is 9.88 Å². The van der Waals surface area contributed by atoms with E-state index in [4.69, 9.17) is 5.73 Å². The van der Waals surface area contributed by atoms with E-state index in [1.54, 1.807) is 0 Å². The zero-order valence-corrected chi connectivity index (χ0v) is 11.0. The van der Waals surface area contributed by atoms with Crippen molar-refractivity contribution in [2.24, 2.45) is 0 Å². The van der Waals surface area contributed by atoms with Gasteiger partial charge in [0.05, 0.1) is 0 Å². The number of hydrogen-bond acceptors (Lipinski definition) is 3. The lowest BCUT2D eigenvalue weighted by atomic mass is 10.0. The number of nitrogens with zero attached hydrogens (tertiary/aromatic N) is 2. The van der Waals surface area contributed by atoms with E-state index >= 15 is 0 Å². The zero-order valence-electron chi connectivity index (χ0n) is 11.0. The van der Waals surface area contributed by atoms with Crippen LogP contribution in [0, 0.1) is 0 Å². The van der Waals surface area contributed by atoms with Gasteiger partial charge in [-0.05, 0) is 48.7 Å². The first-order valence-electron chi connectivity index (χ1n) is 6.81. The Morgan fingerprint density at radius 3 is 2.79 bits per heavy atom. The summed E-state index contributed by atoms with van der Waals surface area (Å²) in [5.41, 5.74) is 9.25. The number of nitrogen functional groups attached to an aromatic ring is 1. The van der Waals surface area contributed by atoms with Crippen molar-refractivity contribution in [1.82, 2.24) is 9.88 Å². The standard InChI is InChI=1S/C16H19N3/c17-15-7-5-14(6-8-15)16-4-2-10-19(16)12-13-3-1-9-18-11-13/h1,3,5-9,11,16H,2,4,10,12,17H2. The second-order valence-electron chi connectivity index (χ2n) is 5.16. The second kappa shape index (κ2) is 5.41. The van der Waals surface area contributed by atoms with Crippen LogP contribution in [0.4, 0.5) is 5.69 Å². The molecule has 3 rings (SSSR count). The molecule has 0 spiro atoms. The second-order valence-corrected chi connectivity index (χ2v) is 5.16. The Hall–Kier alpha value is -1.87. The third-order valence-electron chi connectivity index (χ3n) is 3.79. The van der Waals surface area contributed by atoms with Crippen LogP contribution in [0.2, 0.25) is 0 Å². The maximum atomic E-state index is 5.76. The van der Waals surface area contributed by atoms with Gasteiger partial charge in [0.25, 0.3) is 0 Å². The van der Waals surface area contributed by atoms with Crippen molar-refractivity contribution >= 4 is 5.69 Å². The summed E-state index contributed by atoms with van der Waals surface area (Å²) in [5, 5.41) is 0. The van der Waals surface area contributed by atoms with Crippen molar-refractivity contribution in [2.45, 2.75) is 25.4 Å². The minimum atomic E-state index is 0.515. The van der Waals surface area contributed by atoms with Gasteiger partial charge in [0, 0.05) is 30.7 Å². The molecule has 2 aromatic rings. The van der Waals surface area contributed by atoms with Crippen LogP contribution in [0.25, 0.3) is 0 Å². The number of likely N-dealkylation sites (tertiary alicyclic amines) is 1. The highest BCUT2D eigenvalue weighted by Gasteiger charge is 2.25. The van der Waals surface area contributed by atoms with E-state index in [1.165, 1.54) is 24.0 Å². The number of hydrogen-bond donors (Lipinski definition) is 1. The minimum Gasteiger partial charge on any atom is -0.399 e. The fourth-order valence-electron chi connectivity index (χ4n) is 2.84. The number of pyridine rings is 1. The summed E-state index contributed by atoms with van der Waals surface area (Å²) in [6.45, 7) is 2.13. The van der Waals surface area contributed by atoms with Gasteiger partial charge >= 0.3 is 0 Å². The first-order chi connectivity index (χ1) is 9.33. The smallest absolute Gasteiger partial charge is 0.0352 e. The number of anilines is 1. The van der Waals surface area contributed by atoms with Crippen molar-refractivity contribution in [3.8, 4) is 0 Å². The van der Waals surface area contributed by atoms with Crippen LogP contribution in [0.3, 0.4) is 0 Å². The highest BCUT2D eigenvalue weighted by atomic mass is 15.2. The Morgan fingerprint density at radius 2 is 2.05 bits per heavy atom. The molecule has 2 heterocycles. The monoisotopic (exact) mass is 253 g/mol. The Bertz CT molecular complexity index is 521. The quantitative estimate of drug-likeness (QED) is 0.855. The predicted molar refractivity (Wildman–Crippen MR) is 77.5 cm³/mol. The van der Waals surface area contributed by atoms with Crippen molar-refractivity contribution in [1.29, 1.82) is 0 Å². The molecule has 98 valence electrons. The normalized spacial score (nSPS) is 19.7. The Labute approximate surface area is 114 Å². The third-order valence-corrected chi connectivity index (χ3v) is 3.79. The number of benzene rings is 1. The number of nitrogens with two attached hydrogens (primary N) is 1. The van der Waals surface area contributed by atoms with Gasteiger partial charge in [-0.15, -0.1) is 0 Å². The summed E-state index contributed by atoms with van der Waals surface area (Å²) >= 11 is 0. The van der Waals surface area contributed by atoms with Crippen molar-refractivity contribution in [3.05, 3.63) is 59.9 Å². The molecule has 3 nitrogen and oxygen atoms in total. The average Bonchev–Trinajstić information content (AvgIpc) is 2.89. The zero-order chi connectivity index (χ0) is 13.1. The van der Waals surface area contributed by atoms with Gasteiger partial charge in [-0.1, -0.05) is 18.2 Å². The molecule has 3 heteroatoms. The molecule has 1 fully saturated rings. The Kier molecular flexibility index (Phi) is 3.47. The highest BCUT2D eigenvalue weighted by molar-refractivity contribution is 5.40. The van der Waals surface area contributed by atoms with E-state index in [1.807, 2.05) is 30.6 Å². The summed E-state index contributed by atoms with van der Waals surface area (Å²) in [5.74, 6) is 0. The van der Waals surface area contributed by atoms with E-state index in [0.717, 1.165) is 18.8 Å². The molecular formula is C16H19N3. The van der Waals surface area contributed by atoms with Gasteiger partial charge in [-0.25, -0.2) is 0 Å². The fourth-order valence-corrected chi connectivity index (χ4v) is 2.84. The van der Waals surface area contributed by atoms with Crippen LogP contribution < -0.4 is 5.73 Å². The van der Waals surface area contributed by atoms with Gasteiger partial charge in [0.1, 0.15) is 0 Å². The predicted octanol–water partition coefficient (Wildman–Crippen LogP) is 3.00. The molecule has 19 heavy (non-hydrogen) atoms. The lowest BCUT2D eigenvalue weighted by Crippen LogP contribution is -2.22. The molecule has 0 amide bonds. The Balaban J connectivity index is 1.76. The molecule has 0 bridgehead atoms. The first kappa shape index (κ1) is 12.2. The molecule has 0 radical (unpaired) electrons. The molecule has 0 saturated carbocycles. The van der Waals surface area contributed by atoms with E-state index < -0.39 is 0 Å². The minimum absolute atomic E-state index is 0.515. The highest BCUT2D eigenvalue weighted by Crippen LogP contribution is 2.33. The van der Waals surface area contributed by atoms with Crippen molar-refractivity contribution in [3.63, 3.8) is 0 Å². The van der Waals surface area contributed by atoms with Crippen LogP contribution in [0.5, 0.6) is 0 Å². The van der Waals surface area contributed by atoms with Crippen molar-refractivity contribution < 1.29 is 0 Å². The molecule has 2 N–H and O–H groups in total. The van der Waals surface area contributed by atoms with Crippen LogP contribution in [-0.4, -0.2) is 16.4 Å². The fraction of sp³-hybridized carbons (Fsp3) is 0.312. The lowest BCUT2D eigenvalue weighted by molar-refractivity contribution is 0.248. The molecule has 1 unspecified atom stereocenters. The molecule has 0 aliphatic carbocycles. The van der Waals surface area contributed by atoms with E-state index in [-0.39, 0.29) is 0 Å². The Morgan fingerprint density at radius 1 is 1.21 bits per heavy atom. The van der Waals surface area contributed by atoms with Crippen molar-refractivity contribution in [2.75, 3.05) is 12.3 Å². The maximum Gasteiger partial charge on any atom is 0.0352 e. The topological polar surface area (TPSA) is 42.1 Å².